The Morgan fingerprint density at radius 3 is 2.47 bits per heavy atom. The van der Waals surface area contributed by atoms with E-state index < -0.39 is 15.6 Å². The minimum atomic E-state index is -3.66. The first-order valence-corrected chi connectivity index (χ1v) is 5.90. The first kappa shape index (κ1) is 12.2. The molecule has 1 rings (SSSR count). The number of rotatable bonds is 3. The van der Waals surface area contributed by atoms with E-state index >= 15 is 0 Å². The molecule has 0 spiro atoms. The van der Waals surface area contributed by atoms with Crippen LogP contribution in [0.15, 0.2) is 11.2 Å². The van der Waals surface area contributed by atoms with Gasteiger partial charge in [-0.25, -0.2) is 13.4 Å². The van der Waals surface area contributed by atoms with Crippen molar-refractivity contribution < 1.29 is 13.3 Å². The fraction of sp³-hybridized carbons (Fsp3) is 0.625. The van der Waals surface area contributed by atoms with Crippen molar-refractivity contribution in [2.24, 2.45) is 0 Å². The molecule has 2 N–H and O–H groups in total. The Kier molecular flexibility index (Phi) is 3.17. The molecule has 0 saturated heterocycles. The summed E-state index contributed by atoms with van der Waals surface area (Å²) in [5.41, 5.74) is -0.581. The van der Waals surface area contributed by atoms with Gasteiger partial charge in [-0.15, -0.1) is 0 Å². The average Bonchev–Trinajstić information content (AvgIpc) is 2.48. The maximum absolute atomic E-state index is 11.6. The minimum absolute atomic E-state index is 0.00995. The number of aromatic nitrogens is 2. The molecule has 86 valence electrons. The van der Waals surface area contributed by atoms with Crippen LogP contribution in [0.2, 0.25) is 0 Å². The zero-order valence-electron chi connectivity index (χ0n) is 9.16. The number of aryl methyl sites for hydroxylation is 1. The molecule has 1 aromatic rings. The average molecular weight is 233 g/mol. The summed E-state index contributed by atoms with van der Waals surface area (Å²) in [4.78, 5) is 13.4. The van der Waals surface area contributed by atoms with Gasteiger partial charge in [-0.2, -0.15) is 0 Å². The SMILES string of the molecule is Cc1ncc(S(=O)(=O)NOC(C)(C)C)[nH]1. The summed E-state index contributed by atoms with van der Waals surface area (Å²) in [6, 6.07) is 0. The highest BCUT2D eigenvalue weighted by molar-refractivity contribution is 7.89. The molecule has 0 aliphatic rings. The van der Waals surface area contributed by atoms with Crippen LogP contribution in [0.1, 0.15) is 26.6 Å². The van der Waals surface area contributed by atoms with Crippen LogP contribution in [0.3, 0.4) is 0 Å². The predicted octanol–water partition coefficient (Wildman–Crippen LogP) is 0.727. The highest BCUT2D eigenvalue weighted by Crippen LogP contribution is 2.09. The van der Waals surface area contributed by atoms with Gasteiger partial charge in [0.2, 0.25) is 0 Å². The number of H-pyrrole nitrogens is 1. The summed E-state index contributed by atoms with van der Waals surface area (Å²) in [6.07, 6.45) is 1.24. The molecule has 0 bridgehead atoms. The van der Waals surface area contributed by atoms with E-state index in [0.29, 0.717) is 5.82 Å². The first-order valence-electron chi connectivity index (χ1n) is 4.42. The summed E-state index contributed by atoms with van der Waals surface area (Å²) in [5, 5.41) is -0.00995. The smallest absolute Gasteiger partial charge is 0.279 e. The number of nitrogens with zero attached hydrogens (tertiary/aromatic N) is 1. The number of aromatic amines is 1. The molecule has 1 heterocycles. The van der Waals surface area contributed by atoms with E-state index in [0.717, 1.165) is 0 Å². The van der Waals surface area contributed by atoms with Crippen LogP contribution in [0.25, 0.3) is 0 Å². The molecule has 0 unspecified atom stereocenters. The Hall–Kier alpha value is -0.920. The normalized spacial score (nSPS) is 13.1. The van der Waals surface area contributed by atoms with Crippen LogP contribution in [0.5, 0.6) is 0 Å². The van der Waals surface area contributed by atoms with Crippen LogP contribution in [-0.2, 0) is 14.9 Å². The third kappa shape index (κ3) is 3.61. The van der Waals surface area contributed by atoms with Crippen LogP contribution in [0.4, 0.5) is 0 Å². The quantitative estimate of drug-likeness (QED) is 0.754. The van der Waals surface area contributed by atoms with Crippen molar-refractivity contribution in [2.75, 3.05) is 0 Å². The molecule has 0 fully saturated rings. The number of nitrogens with one attached hydrogen (secondary N) is 2. The van der Waals surface area contributed by atoms with Crippen molar-refractivity contribution in [3.05, 3.63) is 12.0 Å². The second-order valence-corrected chi connectivity index (χ2v) is 5.75. The summed E-state index contributed by atoms with van der Waals surface area (Å²) in [6.45, 7) is 6.90. The van der Waals surface area contributed by atoms with Gasteiger partial charge in [0.1, 0.15) is 5.82 Å². The molecule has 1 aromatic heterocycles. The molecule has 6 nitrogen and oxygen atoms in total. The summed E-state index contributed by atoms with van der Waals surface area (Å²) >= 11 is 0. The standard InChI is InChI=1S/C8H15N3O3S/c1-6-9-5-7(10-6)15(12,13)11-14-8(2,3)4/h5,11H,1-4H3,(H,9,10). The zero-order valence-corrected chi connectivity index (χ0v) is 9.97. The molecule has 0 radical (unpaired) electrons. The second kappa shape index (κ2) is 3.92. The second-order valence-electron chi connectivity index (χ2n) is 4.13. The van der Waals surface area contributed by atoms with Crippen molar-refractivity contribution in [2.45, 2.75) is 38.3 Å². The lowest BCUT2D eigenvalue weighted by molar-refractivity contribution is -0.0358. The first-order chi connectivity index (χ1) is 6.71. The highest BCUT2D eigenvalue weighted by atomic mass is 32.2. The fourth-order valence-corrected chi connectivity index (χ4v) is 1.68. The van der Waals surface area contributed by atoms with E-state index in [1.165, 1.54) is 6.20 Å². The van der Waals surface area contributed by atoms with E-state index in [2.05, 4.69) is 9.97 Å². The molecule has 15 heavy (non-hydrogen) atoms. The Morgan fingerprint density at radius 1 is 1.47 bits per heavy atom. The Bertz CT molecular complexity index is 430. The molecule has 0 aromatic carbocycles. The van der Waals surface area contributed by atoms with Gasteiger partial charge < -0.3 is 4.98 Å². The van der Waals surface area contributed by atoms with Gasteiger partial charge in [0.25, 0.3) is 10.0 Å². The largest absolute Gasteiger partial charge is 0.332 e. The van der Waals surface area contributed by atoms with Gasteiger partial charge in [0.15, 0.2) is 5.03 Å². The number of hydrogen-bond donors (Lipinski definition) is 2. The van der Waals surface area contributed by atoms with Crippen LogP contribution in [-0.4, -0.2) is 24.0 Å². The Labute approximate surface area is 89.1 Å². The Balaban J connectivity index is 2.77. The van der Waals surface area contributed by atoms with Crippen LogP contribution in [0, 0.1) is 6.92 Å². The molecule has 0 amide bonds. The molecule has 0 saturated carbocycles. The zero-order chi connectivity index (χ0) is 11.7. The van der Waals surface area contributed by atoms with Crippen molar-refractivity contribution >= 4 is 10.0 Å². The number of hydrogen-bond acceptors (Lipinski definition) is 4. The Morgan fingerprint density at radius 2 is 2.07 bits per heavy atom. The fourth-order valence-electron chi connectivity index (χ4n) is 0.760. The maximum Gasteiger partial charge on any atom is 0.279 e. The number of sulfonamides is 1. The van der Waals surface area contributed by atoms with Crippen molar-refractivity contribution in [1.29, 1.82) is 0 Å². The van der Waals surface area contributed by atoms with Gasteiger partial charge in [-0.05, 0) is 27.7 Å². The molecule has 7 heteroatoms. The van der Waals surface area contributed by atoms with Crippen molar-refractivity contribution in [1.82, 2.24) is 14.9 Å². The van der Waals surface area contributed by atoms with Crippen molar-refractivity contribution in [3.63, 3.8) is 0 Å². The van der Waals surface area contributed by atoms with E-state index in [9.17, 15) is 8.42 Å². The molecule has 0 aliphatic carbocycles. The van der Waals surface area contributed by atoms with Gasteiger partial charge in [-0.1, -0.05) is 4.89 Å². The van der Waals surface area contributed by atoms with Gasteiger partial charge >= 0.3 is 0 Å². The predicted molar refractivity (Wildman–Crippen MR) is 54.5 cm³/mol. The highest BCUT2D eigenvalue weighted by Gasteiger charge is 2.20. The summed E-state index contributed by atoms with van der Waals surface area (Å²) in [7, 11) is -3.66. The summed E-state index contributed by atoms with van der Waals surface area (Å²) in [5.74, 6) is 0.533. The van der Waals surface area contributed by atoms with Gasteiger partial charge in [0.05, 0.1) is 11.8 Å². The third-order valence-electron chi connectivity index (χ3n) is 1.43. The molecule has 0 atom stereocenters. The maximum atomic E-state index is 11.6. The van der Waals surface area contributed by atoms with Gasteiger partial charge in [0, 0.05) is 0 Å². The minimum Gasteiger partial charge on any atom is -0.332 e. The van der Waals surface area contributed by atoms with Crippen LogP contribution < -0.4 is 4.89 Å². The molecule has 0 aliphatic heterocycles. The lowest BCUT2D eigenvalue weighted by Gasteiger charge is -2.18. The van der Waals surface area contributed by atoms with Gasteiger partial charge in [-0.3, -0.25) is 4.84 Å². The van der Waals surface area contributed by atoms with Crippen molar-refractivity contribution in [3.8, 4) is 0 Å². The van der Waals surface area contributed by atoms with Crippen LogP contribution >= 0.6 is 0 Å². The molecular formula is C8H15N3O3S. The van der Waals surface area contributed by atoms with E-state index in [4.69, 9.17) is 4.84 Å². The number of imidazole rings is 1. The van der Waals surface area contributed by atoms with E-state index in [1.807, 2.05) is 4.89 Å². The van der Waals surface area contributed by atoms with E-state index in [-0.39, 0.29) is 5.03 Å². The lowest BCUT2D eigenvalue weighted by Crippen LogP contribution is -2.33. The monoisotopic (exact) mass is 233 g/mol. The summed E-state index contributed by atoms with van der Waals surface area (Å²) < 4.78 is 23.2. The topological polar surface area (TPSA) is 84.1 Å². The van der Waals surface area contributed by atoms with E-state index in [1.54, 1.807) is 27.7 Å². The lowest BCUT2D eigenvalue weighted by atomic mass is 10.2. The molecular weight excluding hydrogens is 218 g/mol. The third-order valence-corrected chi connectivity index (χ3v) is 2.52.